The third-order valence-corrected chi connectivity index (χ3v) is 8.56. The molecule has 1 aliphatic heterocycles. The number of fused-ring (bicyclic) bond motifs is 2. The molecule has 4 amide bonds. The lowest BCUT2D eigenvalue weighted by Gasteiger charge is -2.28. The number of carbonyl (C=O) groups is 5. The van der Waals surface area contributed by atoms with Gasteiger partial charge in [0.1, 0.15) is 25.0 Å². The highest BCUT2D eigenvalue weighted by molar-refractivity contribution is 5.92. The third kappa shape index (κ3) is 11.9. The van der Waals surface area contributed by atoms with Gasteiger partial charge in [-0.3, -0.25) is 19.1 Å². The van der Waals surface area contributed by atoms with Gasteiger partial charge in [0.15, 0.2) is 0 Å². The summed E-state index contributed by atoms with van der Waals surface area (Å²) in [6.45, 7) is 1.20. The van der Waals surface area contributed by atoms with Crippen molar-refractivity contribution in [2.75, 3.05) is 6.54 Å². The smallest absolute Gasteiger partial charge is 0.408 e. The van der Waals surface area contributed by atoms with E-state index in [1.807, 2.05) is 30.3 Å². The highest BCUT2D eigenvalue weighted by atomic mass is 16.5. The molecule has 0 saturated heterocycles. The van der Waals surface area contributed by atoms with Crippen LogP contribution in [0.25, 0.3) is 0 Å². The van der Waals surface area contributed by atoms with Gasteiger partial charge >= 0.3 is 6.09 Å². The van der Waals surface area contributed by atoms with E-state index in [0.717, 1.165) is 63.4 Å². The van der Waals surface area contributed by atoms with E-state index in [4.69, 9.17) is 4.74 Å². The van der Waals surface area contributed by atoms with E-state index in [2.05, 4.69) is 31.6 Å². The Labute approximate surface area is 270 Å². The minimum atomic E-state index is -1.10. The van der Waals surface area contributed by atoms with Crippen molar-refractivity contribution in [3.05, 3.63) is 47.8 Å². The van der Waals surface area contributed by atoms with Crippen LogP contribution in [0.1, 0.15) is 88.3 Å². The van der Waals surface area contributed by atoms with E-state index in [9.17, 15) is 24.0 Å². The van der Waals surface area contributed by atoms with Crippen molar-refractivity contribution in [3.8, 4) is 0 Å². The van der Waals surface area contributed by atoms with Crippen molar-refractivity contribution in [2.24, 2.45) is 5.92 Å². The monoisotopic (exact) mass is 637 g/mol. The predicted molar refractivity (Wildman–Crippen MR) is 169 cm³/mol. The van der Waals surface area contributed by atoms with Crippen LogP contribution in [-0.4, -0.2) is 69.8 Å². The number of aryl methyl sites for hydroxylation is 1. The highest BCUT2D eigenvalue weighted by Gasteiger charge is 2.31. The fourth-order valence-electron chi connectivity index (χ4n) is 5.94. The Kier molecular flexibility index (Phi) is 14.0. The molecule has 2 bridgehead atoms. The molecule has 250 valence electrons. The van der Waals surface area contributed by atoms with Gasteiger partial charge in [0.2, 0.25) is 17.7 Å². The maximum Gasteiger partial charge on any atom is 0.408 e. The number of nitrogens with one attached hydrogen (secondary N) is 4. The molecule has 1 fully saturated rings. The maximum atomic E-state index is 13.8. The van der Waals surface area contributed by atoms with Gasteiger partial charge in [0.25, 0.3) is 0 Å². The van der Waals surface area contributed by atoms with Crippen LogP contribution < -0.4 is 21.3 Å². The fraction of sp³-hybridized carbons (Fsp3) is 0.606. The Hall–Kier alpha value is -4.29. The summed E-state index contributed by atoms with van der Waals surface area (Å²) < 4.78 is 7.11. The Bertz CT molecular complexity index is 1280. The van der Waals surface area contributed by atoms with Crippen LogP contribution in [0.15, 0.2) is 36.5 Å². The first-order valence-electron chi connectivity index (χ1n) is 16.6. The third-order valence-electron chi connectivity index (χ3n) is 8.56. The van der Waals surface area contributed by atoms with Gasteiger partial charge in [0, 0.05) is 32.1 Å². The van der Waals surface area contributed by atoms with E-state index in [1.54, 1.807) is 10.9 Å². The molecule has 1 aromatic carbocycles. The second-order valence-electron chi connectivity index (χ2n) is 12.3. The van der Waals surface area contributed by atoms with Crippen molar-refractivity contribution < 1.29 is 28.7 Å². The van der Waals surface area contributed by atoms with Gasteiger partial charge in [-0.2, -0.15) is 0 Å². The lowest BCUT2D eigenvalue weighted by atomic mass is 9.84. The van der Waals surface area contributed by atoms with Gasteiger partial charge in [-0.1, -0.05) is 80.5 Å². The number of hydrogen-bond acceptors (Lipinski definition) is 8. The lowest BCUT2D eigenvalue weighted by molar-refractivity contribution is -0.131. The average Bonchev–Trinajstić information content (AvgIpc) is 3.52. The van der Waals surface area contributed by atoms with Gasteiger partial charge in [-0.15, -0.1) is 5.10 Å². The van der Waals surface area contributed by atoms with Crippen LogP contribution in [-0.2, 0) is 43.5 Å². The van der Waals surface area contributed by atoms with Crippen LogP contribution in [0.4, 0.5) is 4.79 Å². The molecule has 13 nitrogen and oxygen atoms in total. The molecule has 2 aromatic rings. The summed E-state index contributed by atoms with van der Waals surface area (Å²) in [7, 11) is 0. The molecular weight excluding hydrogens is 590 g/mol. The first-order chi connectivity index (χ1) is 22.4. The second-order valence-corrected chi connectivity index (χ2v) is 12.3. The van der Waals surface area contributed by atoms with Gasteiger partial charge < -0.3 is 30.8 Å². The Balaban J connectivity index is 1.52. The molecule has 2 heterocycles. The highest BCUT2D eigenvalue weighted by Crippen LogP contribution is 2.27. The molecule has 46 heavy (non-hydrogen) atoms. The average molecular weight is 638 g/mol. The molecule has 3 atom stereocenters. The van der Waals surface area contributed by atoms with Crippen LogP contribution in [0, 0.1) is 5.92 Å². The summed E-state index contributed by atoms with van der Waals surface area (Å²) in [6.07, 6.45) is 10.9. The molecular formula is C33H47N7O6. The number of carbonyl (C=O) groups excluding carboxylic acids is 5. The maximum absolute atomic E-state index is 13.8. The zero-order chi connectivity index (χ0) is 32.6. The topological polar surface area (TPSA) is 173 Å². The van der Waals surface area contributed by atoms with Crippen molar-refractivity contribution in [3.63, 3.8) is 0 Å². The van der Waals surface area contributed by atoms with E-state index in [-0.39, 0.29) is 37.7 Å². The summed E-state index contributed by atoms with van der Waals surface area (Å²) in [6, 6.07) is 6.27. The minimum Gasteiger partial charge on any atom is -0.445 e. The zero-order valence-electron chi connectivity index (χ0n) is 26.5. The molecule has 0 radical (unpaired) electrons. The first-order valence-corrected chi connectivity index (χ1v) is 16.6. The molecule has 4 rings (SSSR count). The van der Waals surface area contributed by atoms with Gasteiger partial charge in [-0.25, -0.2) is 4.79 Å². The van der Waals surface area contributed by atoms with E-state index < -0.39 is 36.0 Å². The summed E-state index contributed by atoms with van der Waals surface area (Å²) in [4.78, 5) is 64.5. The number of hydrogen-bond donors (Lipinski definition) is 4. The number of amides is 4. The van der Waals surface area contributed by atoms with Gasteiger partial charge in [0.05, 0.1) is 11.7 Å². The largest absolute Gasteiger partial charge is 0.445 e. The quantitative estimate of drug-likeness (QED) is 0.350. The molecule has 4 N–H and O–H groups in total. The normalized spacial score (nSPS) is 23.1. The van der Waals surface area contributed by atoms with E-state index in [1.165, 1.54) is 0 Å². The van der Waals surface area contributed by atoms with Crippen LogP contribution >= 0.6 is 0 Å². The molecule has 0 unspecified atom stereocenters. The Morgan fingerprint density at radius 1 is 0.957 bits per heavy atom. The number of nitrogens with zero attached hydrogens (tertiary/aromatic N) is 3. The van der Waals surface area contributed by atoms with Crippen molar-refractivity contribution in [1.29, 1.82) is 0 Å². The number of ether oxygens (including phenoxy) is 1. The minimum absolute atomic E-state index is 0.0228. The summed E-state index contributed by atoms with van der Waals surface area (Å²) >= 11 is 0. The number of aromatic nitrogens is 3. The van der Waals surface area contributed by atoms with Crippen LogP contribution in [0.5, 0.6) is 0 Å². The number of rotatable bonds is 6. The first kappa shape index (κ1) is 34.6. The SMILES string of the molecule is O=C[C@@H]1CCC(=O)NCCCCCCn2cc(nn2)C[C@H](NC(=O)OCc2ccccc2)C(=O)N[C@@H](CC2CCCCC2)C(=O)N1. The molecule has 2 aliphatic rings. The standard InChI is InChI=1S/C33H47N7O6/c41-22-26-15-16-30(42)34-17-9-1-2-10-18-40-21-27(38-39-40)20-29(37-33(45)46-23-25-13-7-4-8-14-25)32(44)36-28(31(43)35-26)19-24-11-5-3-6-12-24/h4,7-8,13-14,21-22,24,26,28-29H,1-3,5-6,9-12,15-20,23H2,(H,34,42)(H,35,43)(H,36,44)(H,37,45)/t26-,28-,29-/m0/s1. The number of benzene rings is 1. The number of alkyl carbamates (subject to hydrolysis) is 1. The zero-order valence-corrected chi connectivity index (χ0v) is 26.5. The molecule has 1 aliphatic carbocycles. The lowest BCUT2D eigenvalue weighted by Crippen LogP contribution is -2.56. The Morgan fingerprint density at radius 3 is 2.50 bits per heavy atom. The summed E-state index contributed by atoms with van der Waals surface area (Å²) in [5.74, 6) is -1.03. The van der Waals surface area contributed by atoms with Crippen molar-refractivity contribution >= 4 is 30.1 Å². The van der Waals surface area contributed by atoms with Crippen molar-refractivity contribution in [1.82, 2.24) is 36.3 Å². The number of aldehydes is 1. The molecule has 0 spiro atoms. The molecule has 1 saturated carbocycles. The van der Waals surface area contributed by atoms with Crippen LogP contribution in [0.3, 0.4) is 0 Å². The summed E-state index contributed by atoms with van der Waals surface area (Å²) in [5, 5.41) is 19.6. The molecule has 13 heteroatoms. The fourth-order valence-corrected chi connectivity index (χ4v) is 5.94. The van der Waals surface area contributed by atoms with Crippen LogP contribution in [0.2, 0.25) is 0 Å². The molecule has 1 aromatic heterocycles. The van der Waals surface area contributed by atoms with E-state index >= 15 is 0 Å². The van der Waals surface area contributed by atoms with Gasteiger partial charge in [-0.05, 0) is 37.2 Å². The van der Waals surface area contributed by atoms with Crippen molar-refractivity contribution in [2.45, 2.75) is 115 Å². The Morgan fingerprint density at radius 2 is 1.72 bits per heavy atom. The second kappa shape index (κ2) is 18.6. The van der Waals surface area contributed by atoms with E-state index in [0.29, 0.717) is 31.5 Å². The predicted octanol–water partition coefficient (Wildman–Crippen LogP) is 2.72. The summed E-state index contributed by atoms with van der Waals surface area (Å²) in [5.41, 5.74) is 1.30.